The molecule has 0 aliphatic carbocycles. The van der Waals surface area contributed by atoms with Crippen LogP contribution in [0.4, 0.5) is 4.79 Å². The second-order valence-electron chi connectivity index (χ2n) is 5.59. The fraction of sp³-hybridized carbons (Fsp3) is 0.250. The highest BCUT2D eigenvalue weighted by molar-refractivity contribution is 8.18. The van der Waals surface area contributed by atoms with Crippen molar-refractivity contribution in [3.63, 3.8) is 0 Å². The van der Waals surface area contributed by atoms with Gasteiger partial charge in [-0.2, -0.15) is 0 Å². The summed E-state index contributed by atoms with van der Waals surface area (Å²) in [5.74, 6) is 1.45. The molecule has 0 bridgehead atoms. The monoisotopic (exact) mass is 401 g/mol. The molecule has 7 nitrogen and oxygen atoms in total. The quantitative estimate of drug-likeness (QED) is 0.386. The van der Waals surface area contributed by atoms with E-state index in [1.807, 2.05) is 6.92 Å². The third-order valence-electron chi connectivity index (χ3n) is 3.58. The second-order valence-corrected chi connectivity index (χ2v) is 6.58. The maximum Gasteiger partial charge on any atom is 0.323 e. The summed E-state index contributed by atoms with van der Waals surface area (Å²) >= 11 is 0.692. The third-order valence-corrected chi connectivity index (χ3v) is 4.49. The summed E-state index contributed by atoms with van der Waals surface area (Å²) in [5.41, 5.74) is 1.36. The number of thioether (sulfide) groups is 1. The first kappa shape index (κ1) is 21.1. The molecule has 2 amide bonds. The van der Waals surface area contributed by atoms with Gasteiger partial charge in [0.05, 0.1) is 11.5 Å². The molecule has 0 unspecified atom stereocenters. The van der Waals surface area contributed by atoms with Crippen molar-refractivity contribution in [3.05, 3.63) is 40.8 Å². The number of hydrogen-bond acceptors (Lipinski definition) is 6. The van der Waals surface area contributed by atoms with E-state index < -0.39 is 23.7 Å². The maximum atomic E-state index is 12.3. The Kier molecular flexibility index (Phi) is 7.29. The molecule has 0 atom stereocenters. The number of nitrogens with zero attached hydrogens (tertiary/aromatic N) is 1. The highest BCUT2D eigenvalue weighted by Crippen LogP contribution is 2.37. The molecule has 1 aliphatic heterocycles. The number of carboxylic acid groups (broad SMARTS) is 1. The molecule has 1 N–H and O–H groups in total. The van der Waals surface area contributed by atoms with Crippen LogP contribution in [0, 0.1) is 12.3 Å². The van der Waals surface area contributed by atoms with Crippen LogP contribution >= 0.6 is 11.8 Å². The molecule has 8 heteroatoms. The first-order valence-corrected chi connectivity index (χ1v) is 9.16. The van der Waals surface area contributed by atoms with E-state index in [1.54, 1.807) is 18.2 Å². The lowest BCUT2D eigenvalue weighted by Crippen LogP contribution is -2.33. The standard InChI is InChI=1S/C20H19NO6S/c1-4-7-14-9-13(10-15(26-6-3)18(14)27-8-5-2)11-16-19(24)21(12-17(22)23)20(25)28-16/h2,4,9-11H,1,6-8,12H2,3H3,(H,22,23)/b16-11+. The molecule has 146 valence electrons. The predicted molar refractivity (Wildman–Crippen MR) is 106 cm³/mol. The Morgan fingerprint density at radius 2 is 2.14 bits per heavy atom. The molecule has 1 aliphatic rings. The lowest BCUT2D eigenvalue weighted by molar-refractivity contribution is -0.140. The minimum atomic E-state index is -1.26. The molecule has 1 aromatic carbocycles. The molecule has 2 rings (SSSR count). The van der Waals surface area contributed by atoms with Crippen LogP contribution in [0.15, 0.2) is 29.7 Å². The smallest absolute Gasteiger partial charge is 0.323 e. The number of benzene rings is 1. The maximum absolute atomic E-state index is 12.3. The van der Waals surface area contributed by atoms with Gasteiger partial charge in [-0.1, -0.05) is 12.0 Å². The topological polar surface area (TPSA) is 93.1 Å². The van der Waals surface area contributed by atoms with Gasteiger partial charge >= 0.3 is 5.97 Å². The van der Waals surface area contributed by atoms with Gasteiger partial charge in [0.15, 0.2) is 11.5 Å². The Bertz CT molecular complexity index is 883. The number of carbonyl (C=O) groups is 3. The highest BCUT2D eigenvalue weighted by atomic mass is 32.2. The van der Waals surface area contributed by atoms with E-state index in [9.17, 15) is 14.4 Å². The molecule has 28 heavy (non-hydrogen) atoms. The van der Waals surface area contributed by atoms with Crippen molar-refractivity contribution in [2.45, 2.75) is 13.3 Å². The zero-order valence-electron chi connectivity index (χ0n) is 15.3. The van der Waals surface area contributed by atoms with E-state index in [4.69, 9.17) is 21.0 Å². The number of hydrogen-bond donors (Lipinski definition) is 1. The van der Waals surface area contributed by atoms with Crippen molar-refractivity contribution >= 4 is 35.0 Å². The normalized spacial score (nSPS) is 14.9. The fourth-order valence-electron chi connectivity index (χ4n) is 2.54. The lowest BCUT2D eigenvalue weighted by Gasteiger charge is -2.15. The third kappa shape index (κ3) is 4.96. The summed E-state index contributed by atoms with van der Waals surface area (Å²) in [4.78, 5) is 35.9. The van der Waals surface area contributed by atoms with E-state index in [1.165, 1.54) is 6.08 Å². The summed E-state index contributed by atoms with van der Waals surface area (Å²) in [5, 5.41) is 8.23. The molecule has 0 aromatic heterocycles. The average molecular weight is 401 g/mol. The van der Waals surface area contributed by atoms with Crippen LogP contribution in [0.3, 0.4) is 0 Å². The number of allylic oxidation sites excluding steroid dienone is 1. The Morgan fingerprint density at radius 3 is 2.75 bits per heavy atom. The summed E-state index contributed by atoms with van der Waals surface area (Å²) < 4.78 is 11.3. The van der Waals surface area contributed by atoms with Gasteiger partial charge in [-0.3, -0.25) is 19.3 Å². The fourth-order valence-corrected chi connectivity index (χ4v) is 3.38. The Hall–Kier alpha value is -3.18. The SMILES string of the molecule is C#CCOc1c(CC=C)cc(/C=C2/SC(=O)N(CC(=O)O)C2=O)cc1OCC. The van der Waals surface area contributed by atoms with Crippen LogP contribution in [0.25, 0.3) is 6.08 Å². The van der Waals surface area contributed by atoms with Crippen molar-refractivity contribution in [2.24, 2.45) is 0 Å². The lowest BCUT2D eigenvalue weighted by atomic mass is 10.0. The van der Waals surface area contributed by atoms with E-state index in [-0.39, 0.29) is 11.5 Å². The Labute approximate surface area is 167 Å². The first-order chi connectivity index (χ1) is 13.4. The van der Waals surface area contributed by atoms with Gasteiger partial charge < -0.3 is 14.6 Å². The molecule has 1 aromatic rings. The van der Waals surface area contributed by atoms with Gasteiger partial charge in [-0.25, -0.2) is 0 Å². The molecule has 0 saturated carbocycles. The van der Waals surface area contributed by atoms with Crippen molar-refractivity contribution in [1.29, 1.82) is 0 Å². The van der Waals surface area contributed by atoms with E-state index in [0.717, 1.165) is 5.56 Å². The molecular weight excluding hydrogens is 382 g/mol. The summed E-state index contributed by atoms with van der Waals surface area (Å²) in [6, 6.07) is 3.45. The van der Waals surface area contributed by atoms with Crippen molar-refractivity contribution in [3.8, 4) is 23.8 Å². The van der Waals surface area contributed by atoms with Crippen LogP contribution in [-0.4, -0.2) is 46.9 Å². The molecule has 1 fully saturated rings. The first-order valence-electron chi connectivity index (χ1n) is 8.35. The Balaban J connectivity index is 2.45. The van der Waals surface area contributed by atoms with Crippen molar-refractivity contribution in [1.82, 2.24) is 4.90 Å². The second kappa shape index (κ2) is 9.67. The van der Waals surface area contributed by atoms with Gasteiger partial charge in [0, 0.05) is 5.56 Å². The summed E-state index contributed by atoms with van der Waals surface area (Å²) in [6.07, 6.45) is 8.96. The van der Waals surface area contributed by atoms with Crippen LogP contribution in [-0.2, 0) is 16.0 Å². The number of carboxylic acids is 1. The summed E-state index contributed by atoms with van der Waals surface area (Å²) in [7, 11) is 0. The number of terminal acetylenes is 1. The number of carbonyl (C=O) groups excluding carboxylic acids is 2. The van der Waals surface area contributed by atoms with E-state index >= 15 is 0 Å². The zero-order chi connectivity index (χ0) is 20.7. The minimum absolute atomic E-state index is 0.0671. The molecule has 0 radical (unpaired) electrons. The van der Waals surface area contributed by atoms with E-state index in [0.29, 0.717) is 46.8 Å². The van der Waals surface area contributed by atoms with Crippen LogP contribution in [0.5, 0.6) is 11.5 Å². The number of amides is 2. The Morgan fingerprint density at radius 1 is 1.39 bits per heavy atom. The van der Waals surface area contributed by atoms with Gasteiger partial charge in [0.25, 0.3) is 11.1 Å². The van der Waals surface area contributed by atoms with Crippen LogP contribution in [0.1, 0.15) is 18.1 Å². The summed E-state index contributed by atoms with van der Waals surface area (Å²) in [6.45, 7) is 5.33. The van der Waals surface area contributed by atoms with Crippen LogP contribution in [0.2, 0.25) is 0 Å². The zero-order valence-corrected chi connectivity index (χ0v) is 16.1. The van der Waals surface area contributed by atoms with Gasteiger partial charge in [-0.15, -0.1) is 13.0 Å². The predicted octanol–water partition coefficient (Wildman–Crippen LogP) is 2.95. The number of ether oxygens (including phenoxy) is 2. The largest absolute Gasteiger partial charge is 0.490 e. The van der Waals surface area contributed by atoms with Crippen LogP contribution < -0.4 is 9.47 Å². The molecular formula is C20H19NO6S. The van der Waals surface area contributed by atoms with Gasteiger partial charge in [-0.05, 0) is 48.9 Å². The molecule has 1 saturated heterocycles. The molecule has 1 heterocycles. The molecule has 0 spiro atoms. The minimum Gasteiger partial charge on any atom is -0.490 e. The number of aliphatic carboxylic acids is 1. The van der Waals surface area contributed by atoms with Crippen molar-refractivity contribution < 1.29 is 29.0 Å². The average Bonchev–Trinajstić information content (AvgIpc) is 2.89. The number of imide groups is 1. The van der Waals surface area contributed by atoms with Gasteiger partial charge in [0.2, 0.25) is 0 Å². The highest BCUT2D eigenvalue weighted by Gasteiger charge is 2.36. The number of rotatable bonds is 9. The van der Waals surface area contributed by atoms with Crippen molar-refractivity contribution in [2.75, 3.05) is 19.8 Å². The van der Waals surface area contributed by atoms with E-state index in [2.05, 4.69) is 12.5 Å². The van der Waals surface area contributed by atoms with Gasteiger partial charge in [0.1, 0.15) is 13.2 Å².